The summed E-state index contributed by atoms with van der Waals surface area (Å²) < 4.78 is 21.4. The first-order chi connectivity index (χ1) is 7.81. The van der Waals surface area contributed by atoms with Crippen LogP contribution in [0.1, 0.15) is 0 Å². The number of benzene rings is 1. The van der Waals surface area contributed by atoms with Crippen molar-refractivity contribution in [3.05, 3.63) is 33.3 Å². The van der Waals surface area contributed by atoms with Crippen molar-refractivity contribution in [3.8, 4) is 0 Å². The van der Waals surface area contributed by atoms with Crippen molar-refractivity contribution in [2.75, 3.05) is 11.5 Å². The summed E-state index contributed by atoms with van der Waals surface area (Å²) in [6.07, 6.45) is 0. The normalized spacial score (nSPS) is 11.4. The van der Waals surface area contributed by atoms with Crippen LogP contribution in [-0.2, 0) is 10.0 Å². The number of nitrogens with zero attached hydrogens (tertiary/aromatic N) is 1. The van der Waals surface area contributed by atoms with Crippen LogP contribution >= 0.6 is 23.4 Å². The number of nitro benzene ring substituents is 1. The number of thioether (sulfide) groups is 1. The molecule has 1 aromatic rings. The van der Waals surface area contributed by atoms with E-state index < -0.39 is 14.9 Å². The zero-order valence-corrected chi connectivity index (χ0v) is 10.9. The van der Waals surface area contributed by atoms with Crippen LogP contribution in [0, 0.1) is 10.1 Å². The van der Waals surface area contributed by atoms with Crippen LogP contribution in [0.25, 0.3) is 0 Å². The van der Waals surface area contributed by atoms with Gasteiger partial charge in [0.15, 0.2) is 0 Å². The van der Waals surface area contributed by atoms with Crippen molar-refractivity contribution < 1.29 is 13.3 Å². The molecule has 17 heavy (non-hydrogen) atoms. The molecule has 0 aliphatic heterocycles. The molecule has 0 fully saturated rings. The summed E-state index contributed by atoms with van der Waals surface area (Å²) in [5, 5.41) is 15.8. The van der Waals surface area contributed by atoms with E-state index in [2.05, 4.69) is 0 Å². The molecule has 94 valence electrons. The Morgan fingerprint density at radius 2 is 2.12 bits per heavy atom. The molecule has 0 bridgehead atoms. The van der Waals surface area contributed by atoms with Crippen molar-refractivity contribution in [1.29, 1.82) is 0 Å². The minimum atomic E-state index is -3.57. The van der Waals surface area contributed by atoms with Gasteiger partial charge in [0.1, 0.15) is 4.90 Å². The second kappa shape index (κ2) is 5.67. The lowest BCUT2D eigenvalue weighted by Gasteiger charge is -2.04. The molecule has 9 heteroatoms. The van der Waals surface area contributed by atoms with Crippen LogP contribution in [0.15, 0.2) is 23.1 Å². The summed E-state index contributed by atoms with van der Waals surface area (Å²) in [4.78, 5) is 10.4. The first-order valence-corrected chi connectivity index (χ1v) is 7.45. The predicted molar refractivity (Wildman–Crippen MR) is 66.8 cm³/mol. The SMILES string of the molecule is NS(=O)(=O)CCSc1c(Cl)cccc1[N+](=O)[O-]. The summed E-state index contributed by atoms with van der Waals surface area (Å²) >= 11 is 6.81. The maximum atomic E-state index is 10.7. The average molecular weight is 297 g/mol. The lowest BCUT2D eigenvalue weighted by Crippen LogP contribution is -2.17. The van der Waals surface area contributed by atoms with Crippen molar-refractivity contribution in [2.24, 2.45) is 5.14 Å². The van der Waals surface area contributed by atoms with Gasteiger partial charge in [-0.05, 0) is 6.07 Å². The Balaban J connectivity index is 2.86. The van der Waals surface area contributed by atoms with E-state index in [1.807, 2.05) is 0 Å². The highest BCUT2D eigenvalue weighted by molar-refractivity contribution is 8.00. The Morgan fingerprint density at radius 1 is 1.47 bits per heavy atom. The third-order valence-electron chi connectivity index (χ3n) is 1.76. The van der Waals surface area contributed by atoms with Gasteiger partial charge in [-0.2, -0.15) is 0 Å². The van der Waals surface area contributed by atoms with E-state index in [1.54, 1.807) is 0 Å². The van der Waals surface area contributed by atoms with E-state index in [-0.39, 0.29) is 27.1 Å². The number of sulfonamides is 1. The van der Waals surface area contributed by atoms with Crippen LogP contribution in [0.5, 0.6) is 0 Å². The van der Waals surface area contributed by atoms with E-state index in [1.165, 1.54) is 18.2 Å². The Kier molecular flexibility index (Phi) is 4.75. The van der Waals surface area contributed by atoms with Crippen molar-refractivity contribution in [2.45, 2.75) is 4.90 Å². The van der Waals surface area contributed by atoms with Gasteiger partial charge in [-0.25, -0.2) is 13.6 Å². The van der Waals surface area contributed by atoms with Gasteiger partial charge in [-0.1, -0.05) is 17.7 Å². The third-order valence-corrected chi connectivity index (χ3v) is 4.34. The molecular weight excluding hydrogens is 288 g/mol. The third kappa shape index (κ3) is 4.50. The molecule has 2 N–H and O–H groups in total. The van der Waals surface area contributed by atoms with Crippen LogP contribution in [-0.4, -0.2) is 24.8 Å². The summed E-state index contributed by atoms with van der Waals surface area (Å²) in [5.41, 5.74) is -0.142. The van der Waals surface area contributed by atoms with Gasteiger partial charge in [0.25, 0.3) is 5.69 Å². The maximum absolute atomic E-state index is 10.7. The molecule has 6 nitrogen and oxygen atoms in total. The first-order valence-electron chi connectivity index (χ1n) is 4.37. The summed E-state index contributed by atoms with van der Waals surface area (Å²) in [7, 11) is -3.57. The highest BCUT2D eigenvalue weighted by atomic mass is 35.5. The number of halogens is 1. The smallest absolute Gasteiger partial charge is 0.258 e. The van der Waals surface area contributed by atoms with Gasteiger partial charge in [-0.3, -0.25) is 10.1 Å². The molecule has 0 aliphatic rings. The molecule has 0 amide bonds. The number of primary sulfonamides is 1. The largest absolute Gasteiger partial charge is 0.284 e. The summed E-state index contributed by atoms with van der Waals surface area (Å²) in [6.45, 7) is 0. The predicted octanol–water partition coefficient (Wildman–Crippen LogP) is 1.63. The standard InChI is InChI=1S/C8H9ClN2O4S2/c9-6-2-1-3-7(11(12)13)8(6)16-4-5-17(10,14)15/h1-3H,4-5H2,(H2,10,14,15). The quantitative estimate of drug-likeness (QED) is 0.505. The van der Waals surface area contributed by atoms with Gasteiger partial charge < -0.3 is 0 Å². The zero-order valence-electron chi connectivity index (χ0n) is 8.50. The molecule has 1 aromatic carbocycles. The van der Waals surface area contributed by atoms with E-state index >= 15 is 0 Å². The second-order valence-corrected chi connectivity index (χ2v) is 6.31. The van der Waals surface area contributed by atoms with Crippen LogP contribution in [0.4, 0.5) is 5.69 Å². The van der Waals surface area contributed by atoms with E-state index in [9.17, 15) is 18.5 Å². The van der Waals surface area contributed by atoms with Gasteiger partial charge in [0.05, 0.1) is 15.7 Å². The molecule has 0 saturated heterocycles. The second-order valence-electron chi connectivity index (χ2n) is 3.06. The Labute approximate surface area is 107 Å². The topological polar surface area (TPSA) is 103 Å². The van der Waals surface area contributed by atoms with Crippen LogP contribution in [0.3, 0.4) is 0 Å². The Bertz CT molecular complexity index is 532. The fraction of sp³-hybridized carbons (Fsp3) is 0.250. The summed E-state index contributed by atoms with van der Waals surface area (Å²) in [6, 6.07) is 4.28. The maximum Gasteiger partial charge on any atom is 0.284 e. The van der Waals surface area contributed by atoms with E-state index in [0.717, 1.165) is 11.8 Å². The number of nitro groups is 1. The van der Waals surface area contributed by atoms with Crippen LogP contribution < -0.4 is 5.14 Å². The number of nitrogens with two attached hydrogens (primary N) is 1. The minimum absolute atomic E-state index is 0.114. The number of hydrogen-bond donors (Lipinski definition) is 1. The van der Waals surface area contributed by atoms with Crippen LogP contribution in [0.2, 0.25) is 5.02 Å². The van der Waals surface area contributed by atoms with Crippen molar-refractivity contribution >= 4 is 39.1 Å². The molecule has 0 unspecified atom stereocenters. The van der Waals surface area contributed by atoms with Gasteiger partial charge in [0.2, 0.25) is 10.0 Å². The molecule has 1 rings (SSSR count). The van der Waals surface area contributed by atoms with E-state index in [4.69, 9.17) is 16.7 Å². The van der Waals surface area contributed by atoms with Gasteiger partial charge in [0, 0.05) is 11.8 Å². The monoisotopic (exact) mass is 296 g/mol. The first kappa shape index (κ1) is 14.2. The molecule has 0 atom stereocenters. The Morgan fingerprint density at radius 3 is 2.65 bits per heavy atom. The fourth-order valence-electron chi connectivity index (χ4n) is 1.04. The highest BCUT2D eigenvalue weighted by Crippen LogP contribution is 2.35. The molecule has 0 aromatic heterocycles. The molecule has 0 saturated carbocycles. The van der Waals surface area contributed by atoms with Gasteiger partial charge >= 0.3 is 0 Å². The summed E-state index contributed by atoms with van der Waals surface area (Å²) in [5.74, 6) is -0.149. The van der Waals surface area contributed by atoms with E-state index in [0.29, 0.717) is 0 Å². The average Bonchev–Trinajstić information content (AvgIpc) is 2.18. The number of rotatable bonds is 5. The molecule has 0 heterocycles. The lowest BCUT2D eigenvalue weighted by molar-refractivity contribution is -0.387. The lowest BCUT2D eigenvalue weighted by atomic mass is 10.3. The molecular formula is C8H9ClN2O4S2. The zero-order chi connectivity index (χ0) is 13.1. The molecule has 0 spiro atoms. The highest BCUT2D eigenvalue weighted by Gasteiger charge is 2.17. The van der Waals surface area contributed by atoms with Crippen molar-refractivity contribution in [1.82, 2.24) is 0 Å². The van der Waals surface area contributed by atoms with Crippen molar-refractivity contribution in [3.63, 3.8) is 0 Å². The molecule has 0 aliphatic carbocycles. The van der Waals surface area contributed by atoms with Gasteiger partial charge in [-0.15, -0.1) is 11.8 Å². The minimum Gasteiger partial charge on any atom is -0.258 e. The number of hydrogen-bond acceptors (Lipinski definition) is 5. The fourth-order valence-corrected chi connectivity index (χ4v) is 3.34. The molecule has 0 radical (unpaired) electrons. The Hall–Kier alpha value is -0.830.